The highest BCUT2D eigenvalue weighted by atomic mass is 32.1. The van der Waals surface area contributed by atoms with Gasteiger partial charge in [-0.25, -0.2) is 0 Å². The van der Waals surface area contributed by atoms with E-state index in [1.165, 1.54) is 11.3 Å². The fourth-order valence-corrected chi connectivity index (χ4v) is 3.87. The average Bonchev–Trinajstić information content (AvgIpc) is 3.28. The Hall–Kier alpha value is -3.32. The van der Waals surface area contributed by atoms with Gasteiger partial charge in [-0.2, -0.15) is 4.98 Å². The Balaban J connectivity index is 0.00000240. The number of hydrogen-bond acceptors (Lipinski definition) is 6. The summed E-state index contributed by atoms with van der Waals surface area (Å²) in [6.45, 7) is 3.72. The predicted molar refractivity (Wildman–Crippen MR) is 111 cm³/mol. The van der Waals surface area contributed by atoms with Gasteiger partial charge >= 0.3 is 0 Å². The van der Waals surface area contributed by atoms with Gasteiger partial charge in [0.1, 0.15) is 5.00 Å². The number of anilines is 1. The van der Waals surface area contributed by atoms with Crippen LogP contribution in [0.3, 0.4) is 0 Å². The second-order valence-corrected chi connectivity index (χ2v) is 7.31. The SMILES string of the molecule is Cc1noc(-c2c(C)csc2NC(=O)Cc2ccc(-c3ccncc3)cc2)n1.[HH]. The Labute approximate surface area is 167 Å². The Morgan fingerprint density at radius 1 is 1.11 bits per heavy atom. The van der Waals surface area contributed by atoms with Gasteiger partial charge < -0.3 is 9.84 Å². The van der Waals surface area contributed by atoms with Crippen molar-refractivity contribution in [3.63, 3.8) is 0 Å². The van der Waals surface area contributed by atoms with Crippen molar-refractivity contribution in [3.8, 4) is 22.6 Å². The number of thiophene rings is 1. The second-order valence-electron chi connectivity index (χ2n) is 6.43. The molecule has 3 aromatic heterocycles. The summed E-state index contributed by atoms with van der Waals surface area (Å²) in [7, 11) is 0. The zero-order chi connectivity index (χ0) is 19.5. The van der Waals surface area contributed by atoms with E-state index in [9.17, 15) is 4.79 Å². The fraction of sp³-hybridized carbons (Fsp3) is 0.143. The van der Waals surface area contributed by atoms with Gasteiger partial charge in [-0.05, 0) is 53.6 Å². The van der Waals surface area contributed by atoms with E-state index in [2.05, 4.69) is 20.4 Å². The molecule has 4 aromatic rings. The van der Waals surface area contributed by atoms with Crippen molar-refractivity contribution in [1.29, 1.82) is 0 Å². The smallest absolute Gasteiger partial charge is 0.261 e. The highest BCUT2D eigenvalue weighted by Crippen LogP contribution is 2.36. The predicted octanol–water partition coefficient (Wildman–Crippen LogP) is 4.90. The molecule has 6 nitrogen and oxygen atoms in total. The van der Waals surface area contributed by atoms with Crippen LogP contribution in [0.25, 0.3) is 22.6 Å². The molecule has 0 bridgehead atoms. The van der Waals surface area contributed by atoms with Crippen LogP contribution in [0.1, 0.15) is 18.4 Å². The van der Waals surface area contributed by atoms with Gasteiger partial charge in [0.05, 0.1) is 12.0 Å². The molecular weight excluding hydrogens is 372 g/mol. The average molecular weight is 392 g/mol. The zero-order valence-electron chi connectivity index (χ0n) is 15.5. The molecule has 4 rings (SSSR count). The summed E-state index contributed by atoms with van der Waals surface area (Å²) in [5, 5.41) is 9.50. The number of aromatic nitrogens is 3. The van der Waals surface area contributed by atoms with Crippen LogP contribution in [0.15, 0.2) is 58.7 Å². The standard InChI is InChI=1S/C21H18N4O2S.H2/c1-13-12-28-21(19(13)20-23-14(2)25-27-20)24-18(26)11-15-3-5-16(6-4-15)17-7-9-22-10-8-17;/h3-10,12H,11H2,1-2H3,(H,24,26);1H. The van der Waals surface area contributed by atoms with Crippen molar-refractivity contribution in [2.24, 2.45) is 0 Å². The second kappa shape index (κ2) is 7.74. The van der Waals surface area contributed by atoms with Crippen LogP contribution in [-0.2, 0) is 11.2 Å². The third-order valence-corrected chi connectivity index (χ3v) is 5.31. The van der Waals surface area contributed by atoms with E-state index in [0.717, 1.165) is 32.8 Å². The zero-order valence-corrected chi connectivity index (χ0v) is 16.3. The van der Waals surface area contributed by atoms with Gasteiger partial charge in [0.25, 0.3) is 5.89 Å². The number of nitrogens with one attached hydrogen (secondary N) is 1. The lowest BCUT2D eigenvalue weighted by molar-refractivity contribution is -0.115. The number of nitrogens with zero attached hydrogens (tertiary/aromatic N) is 3. The van der Waals surface area contributed by atoms with E-state index >= 15 is 0 Å². The van der Waals surface area contributed by atoms with Crippen molar-refractivity contribution in [2.45, 2.75) is 20.3 Å². The van der Waals surface area contributed by atoms with E-state index in [0.29, 0.717) is 11.7 Å². The minimum Gasteiger partial charge on any atom is -0.334 e. The molecule has 0 radical (unpaired) electrons. The molecule has 0 aliphatic carbocycles. The van der Waals surface area contributed by atoms with Crippen LogP contribution < -0.4 is 5.32 Å². The van der Waals surface area contributed by atoms with Crippen LogP contribution >= 0.6 is 11.3 Å². The maximum absolute atomic E-state index is 12.6. The summed E-state index contributed by atoms with van der Waals surface area (Å²) >= 11 is 1.45. The van der Waals surface area contributed by atoms with Crippen molar-refractivity contribution in [1.82, 2.24) is 15.1 Å². The van der Waals surface area contributed by atoms with Crippen LogP contribution in [0, 0.1) is 13.8 Å². The molecule has 0 atom stereocenters. The van der Waals surface area contributed by atoms with Gasteiger partial charge in [-0.3, -0.25) is 9.78 Å². The van der Waals surface area contributed by atoms with Gasteiger partial charge in [-0.1, -0.05) is 29.4 Å². The number of carbonyl (C=O) groups is 1. The van der Waals surface area contributed by atoms with E-state index in [1.54, 1.807) is 19.3 Å². The van der Waals surface area contributed by atoms with Crippen molar-refractivity contribution in [3.05, 3.63) is 71.1 Å². The molecule has 3 heterocycles. The van der Waals surface area contributed by atoms with E-state index in [4.69, 9.17) is 4.52 Å². The molecule has 0 spiro atoms. The van der Waals surface area contributed by atoms with Gasteiger partial charge in [-0.15, -0.1) is 11.3 Å². The third-order valence-electron chi connectivity index (χ3n) is 4.30. The maximum Gasteiger partial charge on any atom is 0.261 e. The number of rotatable bonds is 5. The van der Waals surface area contributed by atoms with Crippen molar-refractivity contribution < 1.29 is 10.7 Å². The minimum absolute atomic E-state index is 0. The number of hydrogen-bond donors (Lipinski definition) is 1. The Morgan fingerprint density at radius 3 is 2.50 bits per heavy atom. The molecule has 0 aliphatic rings. The summed E-state index contributed by atoms with van der Waals surface area (Å²) in [4.78, 5) is 20.9. The summed E-state index contributed by atoms with van der Waals surface area (Å²) in [6.07, 6.45) is 3.82. The molecule has 0 aliphatic heterocycles. The van der Waals surface area contributed by atoms with Crippen LogP contribution in [0.5, 0.6) is 0 Å². The number of aryl methyl sites for hydroxylation is 2. The highest BCUT2D eigenvalue weighted by Gasteiger charge is 2.18. The lowest BCUT2D eigenvalue weighted by Crippen LogP contribution is -2.14. The molecule has 1 aromatic carbocycles. The number of carbonyl (C=O) groups excluding carboxylic acids is 1. The highest BCUT2D eigenvalue weighted by molar-refractivity contribution is 7.15. The van der Waals surface area contributed by atoms with E-state index < -0.39 is 0 Å². The lowest BCUT2D eigenvalue weighted by atomic mass is 10.0. The summed E-state index contributed by atoms with van der Waals surface area (Å²) < 4.78 is 5.28. The molecule has 28 heavy (non-hydrogen) atoms. The molecular formula is C21H20N4O2S. The largest absolute Gasteiger partial charge is 0.334 e. The topological polar surface area (TPSA) is 80.9 Å². The van der Waals surface area contributed by atoms with Crippen molar-refractivity contribution in [2.75, 3.05) is 5.32 Å². The third kappa shape index (κ3) is 3.84. The van der Waals surface area contributed by atoms with Gasteiger partial charge in [0.15, 0.2) is 5.82 Å². The maximum atomic E-state index is 12.6. The van der Waals surface area contributed by atoms with Crippen molar-refractivity contribution >= 4 is 22.2 Å². The molecule has 142 valence electrons. The molecule has 0 saturated carbocycles. The molecule has 0 unspecified atom stereocenters. The van der Waals surface area contributed by atoms with E-state index in [1.807, 2.05) is 48.7 Å². The summed E-state index contributed by atoms with van der Waals surface area (Å²) in [6, 6.07) is 11.9. The first-order valence-electron chi connectivity index (χ1n) is 8.78. The quantitative estimate of drug-likeness (QED) is 0.522. The molecule has 1 amide bonds. The van der Waals surface area contributed by atoms with Crippen LogP contribution in [0.2, 0.25) is 0 Å². The Morgan fingerprint density at radius 2 is 1.82 bits per heavy atom. The van der Waals surface area contributed by atoms with Gasteiger partial charge in [0.2, 0.25) is 5.91 Å². The molecule has 1 N–H and O–H groups in total. The Bertz CT molecular complexity index is 1110. The first kappa shape index (κ1) is 18.1. The minimum atomic E-state index is -0.0870. The first-order chi connectivity index (χ1) is 13.6. The normalized spacial score (nSPS) is 10.8. The molecule has 7 heteroatoms. The number of amides is 1. The van der Waals surface area contributed by atoms with E-state index in [-0.39, 0.29) is 13.8 Å². The lowest BCUT2D eigenvalue weighted by Gasteiger charge is -2.06. The number of benzene rings is 1. The number of pyridine rings is 1. The summed E-state index contributed by atoms with van der Waals surface area (Å²) in [5.74, 6) is 0.899. The monoisotopic (exact) mass is 392 g/mol. The fourth-order valence-electron chi connectivity index (χ4n) is 2.92. The Kier molecular flexibility index (Phi) is 4.99. The van der Waals surface area contributed by atoms with Crippen LogP contribution in [0.4, 0.5) is 5.00 Å². The molecule has 0 fully saturated rings. The molecule has 0 saturated heterocycles. The summed E-state index contributed by atoms with van der Waals surface area (Å²) in [5.41, 5.74) is 4.91. The van der Waals surface area contributed by atoms with Gasteiger partial charge in [0, 0.05) is 13.8 Å². The first-order valence-corrected chi connectivity index (χ1v) is 9.66. The van der Waals surface area contributed by atoms with Crippen LogP contribution in [-0.4, -0.2) is 21.0 Å².